The van der Waals surface area contributed by atoms with Crippen molar-refractivity contribution < 1.29 is 9.59 Å². The highest BCUT2D eigenvalue weighted by Crippen LogP contribution is 2.34. The molecule has 0 aliphatic carbocycles. The molecular formula is C22H17BrN2O2. The Labute approximate surface area is 165 Å². The summed E-state index contributed by atoms with van der Waals surface area (Å²) in [5.41, 5.74) is 3.06. The highest BCUT2D eigenvalue weighted by atomic mass is 79.9. The first kappa shape index (κ1) is 17.5. The molecule has 0 unspecified atom stereocenters. The fraction of sp³-hybridized carbons (Fsp3) is 0.0909. The molecule has 1 atom stereocenters. The molecule has 2 amide bonds. The van der Waals surface area contributed by atoms with Crippen molar-refractivity contribution >= 4 is 39.1 Å². The Hall–Kier alpha value is -2.92. The van der Waals surface area contributed by atoms with E-state index in [1.54, 1.807) is 17.0 Å². The predicted molar refractivity (Wildman–Crippen MR) is 110 cm³/mol. The van der Waals surface area contributed by atoms with Crippen molar-refractivity contribution in [3.8, 4) is 0 Å². The van der Waals surface area contributed by atoms with Crippen LogP contribution in [0.2, 0.25) is 0 Å². The molecular weight excluding hydrogens is 404 g/mol. The molecule has 134 valence electrons. The van der Waals surface area contributed by atoms with E-state index in [0.717, 1.165) is 15.7 Å². The molecule has 0 aromatic heterocycles. The molecule has 0 bridgehead atoms. The topological polar surface area (TPSA) is 49.4 Å². The van der Waals surface area contributed by atoms with Crippen LogP contribution in [0.3, 0.4) is 0 Å². The van der Waals surface area contributed by atoms with E-state index in [4.69, 9.17) is 0 Å². The molecule has 3 aromatic carbocycles. The van der Waals surface area contributed by atoms with Crippen LogP contribution in [-0.4, -0.2) is 17.9 Å². The van der Waals surface area contributed by atoms with E-state index >= 15 is 0 Å². The van der Waals surface area contributed by atoms with Crippen molar-refractivity contribution in [1.29, 1.82) is 0 Å². The van der Waals surface area contributed by atoms with E-state index in [1.165, 1.54) is 0 Å². The lowest BCUT2D eigenvalue weighted by Crippen LogP contribution is -2.45. The van der Waals surface area contributed by atoms with E-state index < -0.39 is 6.04 Å². The zero-order valence-electron chi connectivity index (χ0n) is 14.4. The first-order valence-electron chi connectivity index (χ1n) is 8.66. The normalized spacial score (nSPS) is 15.3. The van der Waals surface area contributed by atoms with Crippen LogP contribution in [0.1, 0.15) is 15.9 Å². The molecule has 0 fully saturated rings. The summed E-state index contributed by atoms with van der Waals surface area (Å²) >= 11 is 3.39. The van der Waals surface area contributed by atoms with Crippen LogP contribution >= 0.6 is 15.9 Å². The Bertz CT molecular complexity index is 987. The van der Waals surface area contributed by atoms with Crippen LogP contribution in [0, 0.1) is 0 Å². The van der Waals surface area contributed by atoms with E-state index in [0.29, 0.717) is 17.7 Å². The summed E-state index contributed by atoms with van der Waals surface area (Å²) in [5.74, 6) is -0.366. The first-order chi connectivity index (χ1) is 13.1. The zero-order valence-corrected chi connectivity index (χ0v) is 16.0. The lowest BCUT2D eigenvalue weighted by Gasteiger charge is -2.25. The molecule has 0 saturated carbocycles. The van der Waals surface area contributed by atoms with Crippen molar-refractivity contribution in [2.75, 3.05) is 10.2 Å². The van der Waals surface area contributed by atoms with Gasteiger partial charge in [-0.25, -0.2) is 0 Å². The third-order valence-corrected chi connectivity index (χ3v) is 5.16. The largest absolute Gasteiger partial charge is 0.324 e. The molecule has 0 radical (unpaired) electrons. The maximum atomic E-state index is 13.2. The van der Waals surface area contributed by atoms with Gasteiger partial charge in [0.2, 0.25) is 5.91 Å². The van der Waals surface area contributed by atoms with E-state index in [2.05, 4.69) is 21.2 Å². The molecule has 1 N–H and O–H groups in total. The minimum atomic E-state index is -0.584. The van der Waals surface area contributed by atoms with Gasteiger partial charge in [-0.3, -0.25) is 14.5 Å². The Kier molecular flexibility index (Phi) is 4.77. The van der Waals surface area contributed by atoms with Crippen LogP contribution in [-0.2, 0) is 11.2 Å². The molecule has 1 heterocycles. The van der Waals surface area contributed by atoms with Crippen LogP contribution in [0.15, 0.2) is 83.3 Å². The van der Waals surface area contributed by atoms with Gasteiger partial charge in [0.1, 0.15) is 6.04 Å². The number of hydrogen-bond donors (Lipinski definition) is 1. The minimum Gasteiger partial charge on any atom is -0.324 e. The summed E-state index contributed by atoms with van der Waals surface area (Å²) in [6.45, 7) is 0. The van der Waals surface area contributed by atoms with Gasteiger partial charge in [-0.15, -0.1) is 0 Å². The lowest BCUT2D eigenvalue weighted by molar-refractivity contribution is -0.117. The number of carbonyl (C=O) groups is 2. The second-order valence-corrected chi connectivity index (χ2v) is 7.30. The molecule has 1 aliphatic heterocycles. The van der Waals surface area contributed by atoms with Gasteiger partial charge < -0.3 is 5.32 Å². The molecule has 0 saturated heterocycles. The summed E-state index contributed by atoms with van der Waals surface area (Å²) in [6, 6.07) is 23.5. The molecule has 5 heteroatoms. The highest BCUT2D eigenvalue weighted by molar-refractivity contribution is 9.10. The third kappa shape index (κ3) is 3.51. The Morgan fingerprint density at radius 1 is 0.889 bits per heavy atom. The van der Waals surface area contributed by atoms with Crippen LogP contribution < -0.4 is 10.2 Å². The number of nitrogens with one attached hydrogen (secondary N) is 1. The fourth-order valence-electron chi connectivity index (χ4n) is 3.33. The second-order valence-electron chi connectivity index (χ2n) is 6.39. The summed E-state index contributed by atoms with van der Waals surface area (Å²) < 4.78 is 0.939. The Balaban J connectivity index is 1.65. The smallest absolute Gasteiger partial charge is 0.259 e. The van der Waals surface area contributed by atoms with Gasteiger partial charge in [0.05, 0.1) is 0 Å². The first-order valence-corrected chi connectivity index (χ1v) is 9.46. The number of amides is 2. The van der Waals surface area contributed by atoms with Gasteiger partial charge >= 0.3 is 0 Å². The summed E-state index contributed by atoms with van der Waals surface area (Å²) in [4.78, 5) is 27.8. The van der Waals surface area contributed by atoms with Crippen molar-refractivity contribution in [2.45, 2.75) is 12.5 Å². The van der Waals surface area contributed by atoms with Crippen LogP contribution in [0.4, 0.5) is 11.4 Å². The van der Waals surface area contributed by atoms with Gasteiger partial charge in [-0.05, 0) is 48.0 Å². The number of benzene rings is 3. The van der Waals surface area contributed by atoms with Crippen LogP contribution in [0.25, 0.3) is 0 Å². The summed E-state index contributed by atoms with van der Waals surface area (Å²) in [6.07, 6.45) is 0.497. The van der Waals surface area contributed by atoms with Crippen molar-refractivity contribution in [3.05, 3.63) is 94.5 Å². The van der Waals surface area contributed by atoms with E-state index in [-0.39, 0.29) is 11.8 Å². The lowest BCUT2D eigenvalue weighted by atomic mass is 10.1. The van der Waals surface area contributed by atoms with Gasteiger partial charge in [-0.2, -0.15) is 0 Å². The van der Waals surface area contributed by atoms with Crippen molar-refractivity contribution in [2.24, 2.45) is 0 Å². The molecule has 1 aliphatic rings. The van der Waals surface area contributed by atoms with Gasteiger partial charge in [0, 0.05) is 27.8 Å². The van der Waals surface area contributed by atoms with Crippen molar-refractivity contribution in [3.63, 3.8) is 0 Å². The monoisotopic (exact) mass is 420 g/mol. The fourth-order valence-corrected chi connectivity index (χ4v) is 3.59. The van der Waals surface area contributed by atoms with Gasteiger partial charge in [-0.1, -0.05) is 52.3 Å². The number of carbonyl (C=O) groups excluding carboxylic acids is 2. The standard InChI is InChI=1S/C22H17BrN2O2/c23-17-10-12-18(13-11-17)24-21(26)20-14-16-8-4-5-9-19(16)25(20)22(27)15-6-2-1-3-7-15/h1-13,20H,14H2,(H,24,26)/t20-/m0/s1. The molecule has 4 rings (SSSR count). The quantitative estimate of drug-likeness (QED) is 0.669. The molecule has 4 nitrogen and oxygen atoms in total. The SMILES string of the molecule is O=C(Nc1ccc(Br)cc1)[C@@H]1Cc2ccccc2N1C(=O)c1ccccc1. The second kappa shape index (κ2) is 7.37. The maximum Gasteiger partial charge on any atom is 0.259 e. The average Bonchev–Trinajstić information content (AvgIpc) is 3.09. The molecule has 3 aromatic rings. The highest BCUT2D eigenvalue weighted by Gasteiger charge is 2.38. The van der Waals surface area contributed by atoms with Crippen LogP contribution in [0.5, 0.6) is 0 Å². The number of fused-ring (bicyclic) bond motifs is 1. The Morgan fingerprint density at radius 3 is 2.30 bits per heavy atom. The molecule has 0 spiro atoms. The predicted octanol–water partition coefficient (Wildman–Crippen LogP) is 4.66. The maximum absolute atomic E-state index is 13.2. The number of para-hydroxylation sites is 1. The number of rotatable bonds is 3. The van der Waals surface area contributed by atoms with E-state index in [9.17, 15) is 9.59 Å². The van der Waals surface area contributed by atoms with Gasteiger partial charge in [0.15, 0.2) is 0 Å². The zero-order chi connectivity index (χ0) is 18.8. The molecule has 27 heavy (non-hydrogen) atoms. The number of anilines is 2. The average molecular weight is 421 g/mol. The minimum absolute atomic E-state index is 0.170. The van der Waals surface area contributed by atoms with Gasteiger partial charge in [0.25, 0.3) is 5.91 Å². The number of nitrogens with zero attached hydrogens (tertiary/aromatic N) is 1. The Morgan fingerprint density at radius 2 is 1.56 bits per heavy atom. The summed E-state index contributed by atoms with van der Waals surface area (Å²) in [5, 5.41) is 2.93. The van der Waals surface area contributed by atoms with Crippen molar-refractivity contribution in [1.82, 2.24) is 0 Å². The third-order valence-electron chi connectivity index (χ3n) is 4.63. The number of halogens is 1. The summed E-state index contributed by atoms with van der Waals surface area (Å²) in [7, 11) is 0. The number of hydrogen-bond acceptors (Lipinski definition) is 2. The van der Waals surface area contributed by atoms with E-state index in [1.807, 2.05) is 66.7 Å².